The van der Waals surface area contributed by atoms with E-state index in [0.717, 1.165) is 12.2 Å². The Morgan fingerprint density at radius 1 is 1.25 bits per heavy atom. The summed E-state index contributed by atoms with van der Waals surface area (Å²) in [6.45, 7) is 1.56. The van der Waals surface area contributed by atoms with Gasteiger partial charge in [-0.2, -0.15) is 0 Å². The largest absolute Gasteiger partial charge is 0.376 e. The Labute approximate surface area is 120 Å². The molecule has 1 aliphatic rings. The maximum atomic E-state index is 13.2. The van der Waals surface area contributed by atoms with Crippen LogP contribution in [0, 0.1) is 23.6 Å². The molecule has 0 saturated heterocycles. The first kappa shape index (κ1) is 15.0. The highest BCUT2D eigenvalue weighted by Crippen LogP contribution is 2.24. The molecule has 1 aromatic carbocycles. The van der Waals surface area contributed by atoms with Crippen molar-refractivity contribution in [2.45, 2.75) is 38.7 Å². The van der Waals surface area contributed by atoms with Crippen molar-refractivity contribution < 1.29 is 9.13 Å². The van der Waals surface area contributed by atoms with Gasteiger partial charge < -0.3 is 10.5 Å². The second kappa shape index (κ2) is 8.04. The van der Waals surface area contributed by atoms with Gasteiger partial charge in [0, 0.05) is 12.2 Å². The molecule has 108 valence electrons. The van der Waals surface area contributed by atoms with E-state index in [1.807, 2.05) is 0 Å². The van der Waals surface area contributed by atoms with E-state index in [0.29, 0.717) is 18.1 Å². The van der Waals surface area contributed by atoms with Gasteiger partial charge in [-0.05, 0) is 36.5 Å². The minimum absolute atomic E-state index is 0.276. The molecule has 2 nitrogen and oxygen atoms in total. The number of hydrogen-bond donors (Lipinski definition) is 1. The van der Waals surface area contributed by atoms with Crippen LogP contribution in [0.4, 0.5) is 4.39 Å². The van der Waals surface area contributed by atoms with Crippen molar-refractivity contribution in [3.63, 3.8) is 0 Å². The molecule has 0 radical (unpaired) electrons. The summed E-state index contributed by atoms with van der Waals surface area (Å²) in [7, 11) is 0. The van der Waals surface area contributed by atoms with Crippen molar-refractivity contribution in [3.05, 3.63) is 35.1 Å². The third kappa shape index (κ3) is 4.63. The van der Waals surface area contributed by atoms with E-state index >= 15 is 0 Å². The first-order valence-electron chi connectivity index (χ1n) is 7.34. The van der Waals surface area contributed by atoms with E-state index < -0.39 is 0 Å². The van der Waals surface area contributed by atoms with E-state index in [1.54, 1.807) is 6.07 Å². The summed E-state index contributed by atoms with van der Waals surface area (Å²) in [5.41, 5.74) is 6.98. The molecule has 0 amide bonds. The number of nitrogens with two attached hydrogens (primary N) is 1. The molecule has 0 bridgehead atoms. The summed E-state index contributed by atoms with van der Waals surface area (Å²) in [6.07, 6.45) is 6.52. The molecule has 1 aliphatic carbocycles. The third-order valence-corrected chi connectivity index (χ3v) is 3.73. The first-order valence-corrected chi connectivity index (χ1v) is 7.34. The maximum Gasteiger partial charge on any atom is 0.124 e. The highest BCUT2D eigenvalue weighted by molar-refractivity contribution is 5.41. The minimum Gasteiger partial charge on any atom is -0.376 e. The summed E-state index contributed by atoms with van der Waals surface area (Å²) in [4.78, 5) is 0. The molecule has 0 aliphatic heterocycles. The normalized spacial score (nSPS) is 15.7. The van der Waals surface area contributed by atoms with Crippen LogP contribution in [0.3, 0.4) is 0 Å². The molecule has 1 saturated carbocycles. The number of hydrogen-bond acceptors (Lipinski definition) is 2. The second-order valence-corrected chi connectivity index (χ2v) is 5.33. The molecular weight excluding hydrogens is 253 g/mol. The summed E-state index contributed by atoms with van der Waals surface area (Å²) >= 11 is 0. The van der Waals surface area contributed by atoms with Gasteiger partial charge in [0.1, 0.15) is 5.82 Å². The molecule has 2 N–H and O–H groups in total. The third-order valence-electron chi connectivity index (χ3n) is 3.73. The van der Waals surface area contributed by atoms with Gasteiger partial charge >= 0.3 is 0 Å². The van der Waals surface area contributed by atoms with Gasteiger partial charge in [-0.15, -0.1) is 0 Å². The van der Waals surface area contributed by atoms with Gasteiger partial charge in [0.2, 0.25) is 0 Å². The fourth-order valence-electron chi connectivity index (χ4n) is 2.63. The van der Waals surface area contributed by atoms with E-state index in [1.165, 1.54) is 44.2 Å². The summed E-state index contributed by atoms with van der Waals surface area (Å²) in [5, 5.41) is 0. The number of halogens is 1. The van der Waals surface area contributed by atoms with Crippen LogP contribution < -0.4 is 5.73 Å². The van der Waals surface area contributed by atoms with Crippen LogP contribution in [0.15, 0.2) is 18.2 Å². The second-order valence-electron chi connectivity index (χ2n) is 5.33. The van der Waals surface area contributed by atoms with Crippen molar-refractivity contribution in [2.75, 3.05) is 13.2 Å². The Hall–Kier alpha value is -1.37. The van der Waals surface area contributed by atoms with Crippen LogP contribution in [-0.2, 0) is 11.3 Å². The molecule has 0 atom stereocenters. The Morgan fingerprint density at radius 2 is 2.05 bits per heavy atom. The molecule has 2 rings (SSSR count). The minimum atomic E-state index is -0.276. The summed E-state index contributed by atoms with van der Waals surface area (Å²) < 4.78 is 19.0. The molecule has 20 heavy (non-hydrogen) atoms. The van der Waals surface area contributed by atoms with E-state index in [-0.39, 0.29) is 12.4 Å². The van der Waals surface area contributed by atoms with Gasteiger partial charge in [0.05, 0.1) is 13.2 Å². The Balaban J connectivity index is 1.91. The van der Waals surface area contributed by atoms with Crippen LogP contribution in [-0.4, -0.2) is 13.2 Å². The van der Waals surface area contributed by atoms with Crippen LogP contribution in [0.2, 0.25) is 0 Å². The molecule has 1 aromatic rings. The van der Waals surface area contributed by atoms with Crippen LogP contribution in [0.25, 0.3) is 0 Å². The SMILES string of the molecule is NCC#Cc1cc(F)ccc1COCC1CCCCC1. The zero-order valence-corrected chi connectivity index (χ0v) is 11.8. The van der Waals surface area contributed by atoms with Crippen molar-refractivity contribution in [1.29, 1.82) is 0 Å². The van der Waals surface area contributed by atoms with Gasteiger partial charge in [-0.3, -0.25) is 0 Å². The highest BCUT2D eigenvalue weighted by Gasteiger charge is 2.13. The Morgan fingerprint density at radius 3 is 2.80 bits per heavy atom. The average Bonchev–Trinajstić information content (AvgIpc) is 2.48. The molecule has 0 heterocycles. The predicted molar refractivity (Wildman–Crippen MR) is 78.6 cm³/mol. The topological polar surface area (TPSA) is 35.2 Å². The quantitative estimate of drug-likeness (QED) is 0.856. The highest BCUT2D eigenvalue weighted by atomic mass is 19.1. The molecular formula is C17H22FNO. The predicted octanol–water partition coefficient (Wildman–Crippen LogP) is 3.23. The van der Waals surface area contributed by atoms with Crippen LogP contribution in [0.5, 0.6) is 0 Å². The Kier molecular flexibility index (Phi) is 6.04. The van der Waals surface area contributed by atoms with Crippen molar-refractivity contribution in [3.8, 4) is 11.8 Å². The van der Waals surface area contributed by atoms with E-state index in [2.05, 4.69) is 11.8 Å². The fraction of sp³-hybridized carbons (Fsp3) is 0.529. The lowest BCUT2D eigenvalue weighted by molar-refractivity contribution is 0.0738. The molecule has 0 unspecified atom stereocenters. The van der Waals surface area contributed by atoms with E-state index in [9.17, 15) is 4.39 Å². The lowest BCUT2D eigenvalue weighted by Crippen LogP contribution is -2.13. The smallest absolute Gasteiger partial charge is 0.124 e. The zero-order valence-electron chi connectivity index (χ0n) is 11.8. The number of ether oxygens (including phenoxy) is 1. The summed E-state index contributed by atoms with van der Waals surface area (Å²) in [5.74, 6) is 6.08. The molecule has 1 fully saturated rings. The lowest BCUT2D eigenvalue weighted by atomic mass is 9.90. The zero-order chi connectivity index (χ0) is 14.2. The van der Waals surface area contributed by atoms with Gasteiger partial charge in [-0.1, -0.05) is 37.2 Å². The summed E-state index contributed by atoms with van der Waals surface area (Å²) in [6, 6.07) is 4.64. The van der Waals surface area contributed by atoms with Crippen molar-refractivity contribution >= 4 is 0 Å². The fourth-order valence-corrected chi connectivity index (χ4v) is 2.63. The molecule has 3 heteroatoms. The molecule has 0 spiro atoms. The monoisotopic (exact) mass is 275 g/mol. The van der Waals surface area contributed by atoms with Crippen molar-refractivity contribution in [2.24, 2.45) is 11.7 Å². The van der Waals surface area contributed by atoms with Crippen LogP contribution >= 0.6 is 0 Å². The van der Waals surface area contributed by atoms with E-state index in [4.69, 9.17) is 10.5 Å². The van der Waals surface area contributed by atoms with Gasteiger partial charge in [0.15, 0.2) is 0 Å². The lowest BCUT2D eigenvalue weighted by Gasteiger charge is -2.21. The number of rotatable bonds is 4. The van der Waals surface area contributed by atoms with Gasteiger partial charge in [-0.25, -0.2) is 4.39 Å². The van der Waals surface area contributed by atoms with Gasteiger partial charge in [0.25, 0.3) is 0 Å². The van der Waals surface area contributed by atoms with Crippen LogP contribution in [0.1, 0.15) is 43.2 Å². The standard InChI is InChI=1S/C17H22FNO/c18-17-9-8-16(15(11-17)7-4-10-19)13-20-12-14-5-2-1-3-6-14/h8-9,11,14H,1-3,5-6,10,12-13,19H2. The Bertz CT molecular complexity index is 483. The number of benzene rings is 1. The first-order chi connectivity index (χ1) is 9.79. The van der Waals surface area contributed by atoms with Crippen molar-refractivity contribution in [1.82, 2.24) is 0 Å². The molecule has 0 aromatic heterocycles. The maximum absolute atomic E-state index is 13.2. The average molecular weight is 275 g/mol.